The van der Waals surface area contributed by atoms with Crippen molar-refractivity contribution in [3.8, 4) is 0 Å². The second kappa shape index (κ2) is 7.21. The zero-order valence-electron chi connectivity index (χ0n) is 11.2. The minimum absolute atomic E-state index is 0.0613. The Bertz CT molecular complexity index is 571. The highest BCUT2D eigenvalue weighted by Crippen LogP contribution is 2.27. The average Bonchev–Trinajstić information content (AvgIpc) is 2.43. The van der Waals surface area contributed by atoms with E-state index in [4.69, 9.17) is 11.6 Å². The molecule has 1 atom stereocenters. The van der Waals surface area contributed by atoms with E-state index in [1.54, 1.807) is 12.1 Å². The van der Waals surface area contributed by atoms with Gasteiger partial charge in [0.15, 0.2) is 0 Å². The van der Waals surface area contributed by atoms with Gasteiger partial charge in [0.2, 0.25) is 0 Å². The predicted octanol–water partition coefficient (Wildman–Crippen LogP) is 5.13. The number of halogens is 3. The van der Waals surface area contributed by atoms with E-state index in [2.05, 4.69) is 21.2 Å². The SMILES string of the molecule is CCNC(Cc1ccc(Cl)cc1)c1cc(F)ccc1Br. The van der Waals surface area contributed by atoms with Crippen LogP contribution in [-0.4, -0.2) is 6.54 Å². The molecule has 20 heavy (non-hydrogen) atoms. The Balaban J connectivity index is 2.26. The number of benzene rings is 2. The summed E-state index contributed by atoms with van der Waals surface area (Å²) in [5.74, 6) is -0.220. The first kappa shape index (κ1) is 15.5. The second-order valence-electron chi connectivity index (χ2n) is 4.61. The van der Waals surface area contributed by atoms with Crippen LogP contribution in [0.15, 0.2) is 46.9 Å². The molecule has 0 aliphatic heterocycles. The Kier molecular flexibility index (Phi) is 5.58. The average molecular weight is 357 g/mol. The zero-order chi connectivity index (χ0) is 14.5. The van der Waals surface area contributed by atoms with Gasteiger partial charge >= 0.3 is 0 Å². The van der Waals surface area contributed by atoms with Crippen LogP contribution in [0.3, 0.4) is 0 Å². The molecule has 2 aromatic carbocycles. The summed E-state index contributed by atoms with van der Waals surface area (Å²) >= 11 is 9.40. The van der Waals surface area contributed by atoms with Crippen LogP contribution in [0.25, 0.3) is 0 Å². The van der Waals surface area contributed by atoms with Crippen molar-refractivity contribution in [1.29, 1.82) is 0 Å². The largest absolute Gasteiger partial charge is 0.310 e. The fourth-order valence-corrected chi connectivity index (χ4v) is 2.83. The number of hydrogen-bond donors (Lipinski definition) is 1. The van der Waals surface area contributed by atoms with Crippen LogP contribution in [0.5, 0.6) is 0 Å². The van der Waals surface area contributed by atoms with Crippen molar-refractivity contribution in [2.45, 2.75) is 19.4 Å². The molecule has 0 aliphatic carbocycles. The molecule has 0 aromatic heterocycles. The van der Waals surface area contributed by atoms with Gasteiger partial charge in [-0.1, -0.05) is 46.6 Å². The Morgan fingerprint density at radius 3 is 2.55 bits per heavy atom. The van der Waals surface area contributed by atoms with Gasteiger partial charge in [0.25, 0.3) is 0 Å². The van der Waals surface area contributed by atoms with Gasteiger partial charge in [0.05, 0.1) is 0 Å². The molecule has 0 saturated heterocycles. The minimum atomic E-state index is -0.220. The van der Waals surface area contributed by atoms with E-state index in [-0.39, 0.29) is 11.9 Å². The molecule has 0 saturated carbocycles. The van der Waals surface area contributed by atoms with E-state index in [9.17, 15) is 4.39 Å². The fraction of sp³-hybridized carbons (Fsp3) is 0.250. The van der Waals surface area contributed by atoms with Crippen molar-refractivity contribution in [3.63, 3.8) is 0 Å². The molecule has 2 rings (SSSR count). The quantitative estimate of drug-likeness (QED) is 0.782. The molecule has 0 radical (unpaired) electrons. The van der Waals surface area contributed by atoms with Crippen molar-refractivity contribution in [3.05, 3.63) is 68.9 Å². The van der Waals surface area contributed by atoms with E-state index >= 15 is 0 Å². The van der Waals surface area contributed by atoms with Crippen molar-refractivity contribution < 1.29 is 4.39 Å². The molecule has 2 aromatic rings. The molecule has 1 N–H and O–H groups in total. The summed E-state index contributed by atoms with van der Waals surface area (Å²) in [6.45, 7) is 2.86. The van der Waals surface area contributed by atoms with Gasteiger partial charge in [-0.3, -0.25) is 0 Å². The second-order valence-corrected chi connectivity index (χ2v) is 5.90. The van der Waals surface area contributed by atoms with E-state index in [1.165, 1.54) is 6.07 Å². The van der Waals surface area contributed by atoms with Crippen LogP contribution in [0, 0.1) is 5.82 Å². The van der Waals surface area contributed by atoms with Gasteiger partial charge in [0.1, 0.15) is 5.82 Å². The molecule has 0 heterocycles. The molecule has 1 unspecified atom stereocenters. The first-order chi connectivity index (χ1) is 9.60. The van der Waals surface area contributed by atoms with E-state index < -0.39 is 0 Å². The molecular formula is C16H16BrClFN. The fourth-order valence-electron chi connectivity index (χ4n) is 2.18. The molecule has 0 bridgehead atoms. The number of hydrogen-bond acceptors (Lipinski definition) is 1. The van der Waals surface area contributed by atoms with Gasteiger partial charge < -0.3 is 5.32 Å². The third-order valence-electron chi connectivity index (χ3n) is 3.14. The van der Waals surface area contributed by atoms with Crippen LogP contribution >= 0.6 is 27.5 Å². The van der Waals surface area contributed by atoms with Gasteiger partial charge in [-0.15, -0.1) is 0 Å². The van der Waals surface area contributed by atoms with E-state index in [0.29, 0.717) is 0 Å². The first-order valence-corrected chi connectivity index (χ1v) is 7.70. The molecule has 4 heteroatoms. The monoisotopic (exact) mass is 355 g/mol. The Labute approximate surface area is 132 Å². The van der Waals surface area contributed by atoms with Gasteiger partial charge in [-0.25, -0.2) is 4.39 Å². The molecule has 0 amide bonds. The van der Waals surface area contributed by atoms with Crippen LogP contribution in [0.2, 0.25) is 5.02 Å². The molecule has 1 nitrogen and oxygen atoms in total. The van der Waals surface area contributed by atoms with E-state index in [0.717, 1.165) is 33.6 Å². The third kappa shape index (κ3) is 4.05. The number of nitrogens with one attached hydrogen (secondary N) is 1. The highest BCUT2D eigenvalue weighted by Gasteiger charge is 2.15. The topological polar surface area (TPSA) is 12.0 Å². The molecule has 0 fully saturated rings. The van der Waals surface area contributed by atoms with Gasteiger partial charge in [-0.2, -0.15) is 0 Å². The highest BCUT2D eigenvalue weighted by molar-refractivity contribution is 9.10. The molecular weight excluding hydrogens is 341 g/mol. The minimum Gasteiger partial charge on any atom is -0.310 e. The summed E-state index contributed by atoms with van der Waals surface area (Å²) in [4.78, 5) is 0. The zero-order valence-corrected chi connectivity index (χ0v) is 13.5. The lowest BCUT2D eigenvalue weighted by atomic mass is 9.98. The first-order valence-electron chi connectivity index (χ1n) is 6.53. The maximum atomic E-state index is 13.5. The van der Waals surface area contributed by atoms with Crippen molar-refractivity contribution in [2.24, 2.45) is 0 Å². The maximum absolute atomic E-state index is 13.5. The van der Waals surface area contributed by atoms with Crippen molar-refractivity contribution >= 4 is 27.5 Å². The molecule has 0 aliphatic rings. The van der Waals surface area contributed by atoms with Crippen molar-refractivity contribution in [1.82, 2.24) is 5.32 Å². The molecule has 106 valence electrons. The Morgan fingerprint density at radius 1 is 1.20 bits per heavy atom. The third-order valence-corrected chi connectivity index (χ3v) is 4.11. The molecule has 0 spiro atoms. The summed E-state index contributed by atoms with van der Waals surface area (Å²) in [5.41, 5.74) is 2.10. The lowest BCUT2D eigenvalue weighted by molar-refractivity contribution is 0.540. The Hall–Kier alpha value is -0.900. The van der Waals surface area contributed by atoms with Gasteiger partial charge in [0, 0.05) is 15.5 Å². The van der Waals surface area contributed by atoms with Crippen LogP contribution < -0.4 is 5.32 Å². The predicted molar refractivity (Wildman–Crippen MR) is 85.7 cm³/mol. The summed E-state index contributed by atoms with van der Waals surface area (Å²) in [6.07, 6.45) is 0.785. The maximum Gasteiger partial charge on any atom is 0.123 e. The van der Waals surface area contributed by atoms with Gasteiger partial charge in [-0.05, 0) is 54.4 Å². The highest BCUT2D eigenvalue weighted by atomic mass is 79.9. The van der Waals surface area contributed by atoms with E-state index in [1.807, 2.05) is 31.2 Å². The summed E-state index contributed by atoms with van der Waals surface area (Å²) < 4.78 is 14.4. The van der Waals surface area contributed by atoms with Crippen LogP contribution in [0.1, 0.15) is 24.1 Å². The summed E-state index contributed by atoms with van der Waals surface area (Å²) in [6, 6.07) is 12.6. The lowest BCUT2D eigenvalue weighted by Gasteiger charge is -2.20. The van der Waals surface area contributed by atoms with Crippen molar-refractivity contribution in [2.75, 3.05) is 6.54 Å². The Morgan fingerprint density at radius 2 is 1.90 bits per heavy atom. The summed E-state index contributed by atoms with van der Waals surface area (Å²) in [7, 11) is 0. The lowest BCUT2D eigenvalue weighted by Crippen LogP contribution is -2.23. The number of likely N-dealkylation sites (N-methyl/N-ethyl adjacent to an activating group) is 1. The standard InChI is InChI=1S/C16H16BrClFN/c1-2-20-16(9-11-3-5-12(18)6-4-11)14-10-13(19)7-8-15(14)17/h3-8,10,16,20H,2,9H2,1H3. The smallest absolute Gasteiger partial charge is 0.123 e. The number of rotatable bonds is 5. The van der Waals surface area contributed by atoms with Crippen LogP contribution in [0.4, 0.5) is 4.39 Å². The normalized spacial score (nSPS) is 12.4. The van der Waals surface area contributed by atoms with Crippen LogP contribution in [-0.2, 0) is 6.42 Å². The summed E-state index contributed by atoms with van der Waals surface area (Å²) in [5, 5.41) is 4.12.